The van der Waals surface area contributed by atoms with Gasteiger partial charge in [-0.1, -0.05) is 18.2 Å². The van der Waals surface area contributed by atoms with Crippen molar-refractivity contribution in [2.75, 3.05) is 7.11 Å². The lowest BCUT2D eigenvalue weighted by Gasteiger charge is -2.06. The molecule has 0 fully saturated rings. The molecule has 3 heteroatoms. The van der Waals surface area contributed by atoms with E-state index in [2.05, 4.69) is 4.98 Å². The second kappa shape index (κ2) is 4.78. The standard InChI is InChI=1S/C14H13NO2/c1-10-7-11(3-4-13(10)9-16)12-5-6-15-14(8-12)17-2/h3-9H,1-2H3. The predicted molar refractivity (Wildman–Crippen MR) is 66.3 cm³/mol. The highest BCUT2D eigenvalue weighted by Crippen LogP contribution is 2.23. The van der Waals surface area contributed by atoms with E-state index in [-0.39, 0.29) is 0 Å². The number of benzene rings is 1. The number of ether oxygens (including phenoxy) is 1. The predicted octanol–water partition coefficient (Wildman–Crippen LogP) is 2.88. The van der Waals surface area contributed by atoms with Gasteiger partial charge in [-0.05, 0) is 29.7 Å². The zero-order valence-electron chi connectivity index (χ0n) is 9.81. The minimum Gasteiger partial charge on any atom is -0.481 e. The van der Waals surface area contributed by atoms with Gasteiger partial charge in [0.15, 0.2) is 0 Å². The number of hydrogen-bond donors (Lipinski definition) is 0. The summed E-state index contributed by atoms with van der Waals surface area (Å²) in [5.74, 6) is 0.583. The van der Waals surface area contributed by atoms with Gasteiger partial charge in [0.05, 0.1) is 7.11 Å². The van der Waals surface area contributed by atoms with E-state index in [4.69, 9.17) is 4.74 Å². The molecule has 3 nitrogen and oxygen atoms in total. The van der Waals surface area contributed by atoms with Crippen LogP contribution in [0.2, 0.25) is 0 Å². The van der Waals surface area contributed by atoms with E-state index in [0.717, 1.165) is 28.5 Å². The third-order valence-electron chi connectivity index (χ3n) is 2.67. The monoisotopic (exact) mass is 227 g/mol. The first-order valence-corrected chi connectivity index (χ1v) is 5.31. The Hall–Kier alpha value is -2.16. The Morgan fingerprint density at radius 3 is 2.59 bits per heavy atom. The average molecular weight is 227 g/mol. The molecule has 1 aromatic heterocycles. The molecule has 0 aliphatic carbocycles. The molecule has 86 valence electrons. The van der Waals surface area contributed by atoms with Crippen LogP contribution in [0.25, 0.3) is 11.1 Å². The number of aromatic nitrogens is 1. The molecule has 2 aromatic rings. The third kappa shape index (κ3) is 2.33. The second-order valence-corrected chi connectivity index (χ2v) is 3.78. The number of hydrogen-bond acceptors (Lipinski definition) is 3. The number of carbonyl (C=O) groups is 1. The Kier molecular flexibility index (Phi) is 3.19. The van der Waals surface area contributed by atoms with Crippen molar-refractivity contribution in [3.63, 3.8) is 0 Å². The number of carbonyl (C=O) groups excluding carboxylic acids is 1. The van der Waals surface area contributed by atoms with E-state index in [9.17, 15) is 4.79 Å². The van der Waals surface area contributed by atoms with Crippen LogP contribution in [0.1, 0.15) is 15.9 Å². The highest BCUT2D eigenvalue weighted by atomic mass is 16.5. The number of aldehydes is 1. The molecule has 0 radical (unpaired) electrons. The zero-order valence-corrected chi connectivity index (χ0v) is 9.81. The second-order valence-electron chi connectivity index (χ2n) is 3.78. The van der Waals surface area contributed by atoms with Crippen LogP contribution in [0, 0.1) is 6.92 Å². The Balaban J connectivity index is 2.45. The van der Waals surface area contributed by atoms with E-state index in [0.29, 0.717) is 5.88 Å². The first kappa shape index (κ1) is 11.3. The molecule has 0 saturated carbocycles. The van der Waals surface area contributed by atoms with Crippen LogP contribution in [0.4, 0.5) is 0 Å². The molecule has 2 rings (SSSR count). The molecule has 0 aliphatic heterocycles. The first-order chi connectivity index (χ1) is 8.24. The summed E-state index contributed by atoms with van der Waals surface area (Å²) in [5.41, 5.74) is 3.76. The molecule has 0 spiro atoms. The molecule has 1 heterocycles. The topological polar surface area (TPSA) is 39.2 Å². The fourth-order valence-electron chi connectivity index (χ4n) is 1.69. The van der Waals surface area contributed by atoms with Gasteiger partial charge >= 0.3 is 0 Å². The Bertz CT molecular complexity index is 550. The number of nitrogens with zero attached hydrogens (tertiary/aromatic N) is 1. The van der Waals surface area contributed by atoms with Crippen LogP contribution in [-0.4, -0.2) is 18.4 Å². The Morgan fingerprint density at radius 2 is 1.94 bits per heavy atom. The number of methoxy groups -OCH3 is 1. The number of pyridine rings is 1. The minimum absolute atomic E-state index is 0.583. The molecule has 0 saturated heterocycles. The van der Waals surface area contributed by atoms with Gasteiger partial charge in [-0.15, -0.1) is 0 Å². The smallest absolute Gasteiger partial charge is 0.213 e. The maximum Gasteiger partial charge on any atom is 0.213 e. The van der Waals surface area contributed by atoms with Gasteiger partial charge in [-0.3, -0.25) is 4.79 Å². The van der Waals surface area contributed by atoms with Crippen LogP contribution >= 0.6 is 0 Å². The van der Waals surface area contributed by atoms with Gasteiger partial charge in [0.2, 0.25) is 5.88 Å². The van der Waals surface area contributed by atoms with Gasteiger partial charge in [-0.25, -0.2) is 4.98 Å². The van der Waals surface area contributed by atoms with Crippen molar-refractivity contribution in [1.82, 2.24) is 4.98 Å². The molecular formula is C14H13NO2. The summed E-state index contributed by atoms with van der Waals surface area (Å²) < 4.78 is 5.08. The summed E-state index contributed by atoms with van der Waals surface area (Å²) in [5, 5.41) is 0. The van der Waals surface area contributed by atoms with E-state index < -0.39 is 0 Å². The number of aryl methyl sites for hydroxylation is 1. The van der Waals surface area contributed by atoms with Crippen molar-refractivity contribution in [2.24, 2.45) is 0 Å². The quantitative estimate of drug-likeness (QED) is 0.757. The van der Waals surface area contributed by atoms with Crippen molar-refractivity contribution in [2.45, 2.75) is 6.92 Å². The lowest BCUT2D eigenvalue weighted by atomic mass is 10.0. The summed E-state index contributed by atoms with van der Waals surface area (Å²) in [6.07, 6.45) is 2.57. The van der Waals surface area contributed by atoms with Crippen molar-refractivity contribution in [3.05, 3.63) is 47.7 Å². The highest BCUT2D eigenvalue weighted by molar-refractivity contribution is 5.79. The fraction of sp³-hybridized carbons (Fsp3) is 0.143. The zero-order chi connectivity index (χ0) is 12.3. The van der Waals surface area contributed by atoms with Crippen LogP contribution in [0.5, 0.6) is 5.88 Å². The molecule has 0 bridgehead atoms. The third-order valence-corrected chi connectivity index (χ3v) is 2.67. The SMILES string of the molecule is COc1cc(-c2ccc(C=O)c(C)c2)ccn1. The van der Waals surface area contributed by atoms with Crippen molar-refractivity contribution >= 4 is 6.29 Å². The van der Waals surface area contributed by atoms with Crippen LogP contribution in [0.3, 0.4) is 0 Å². The van der Waals surface area contributed by atoms with Gasteiger partial charge in [0.1, 0.15) is 6.29 Å². The highest BCUT2D eigenvalue weighted by Gasteiger charge is 2.03. The number of rotatable bonds is 3. The molecule has 0 atom stereocenters. The Labute approximate surface area is 100 Å². The van der Waals surface area contributed by atoms with Crippen LogP contribution in [0.15, 0.2) is 36.5 Å². The summed E-state index contributed by atoms with van der Waals surface area (Å²) >= 11 is 0. The molecule has 0 aliphatic rings. The maximum absolute atomic E-state index is 10.7. The van der Waals surface area contributed by atoms with Gasteiger partial charge in [-0.2, -0.15) is 0 Å². The lowest BCUT2D eigenvalue weighted by Crippen LogP contribution is -1.90. The van der Waals surface area contributed by atoms with E-state index >= 15 is 0 Å². The summed E-state index contributed by atoms with van der Waals surface area (Å²) in [4.78, 5) is 14.8. The van der Waals surface area contributed by atoms with Gasteiger partial charge in [0.25, 0.3) is 0 Å². The summed E-state index contributed by atoms with van der Waals surface area (Å²) in [7, 11) is 1.59. The normalized spacial score (nSPS) is 10.0. The lowest BCUT2D eigenvalue weighted by molar-refractivity contribution is 0.112. The van der Waals surface area contributed by atoms with E-state index in [1.807, 2.05) is 37.3 Å². The molecule has 0 N–H and O–H groups in total. The average Bonchev–Trinajstić information content (AvgIpc) is 2.38. The van der Waals surface area contributed by atoms with Crippen molar-refractivity contribution < 1.29 is 9.53 Å². The molecule has 0 amide bonds. The summed E-state index contributed by atoms with van der Waals surface area (Å²) in [6.45, 7) is 1.92. The minimum atomic E-state index is 0.583. The maximum atomic E-state index is 10.7. The first-order valence-electron chi connectivity index (χ1n) is 5.31. The molecular weight excluding hydrogens is 214 g/mol. The molecule has 0 unspecified atom stereocenters. The van der Waals surface area contributed by atoms with E-state index in [1.165, 1.54) is 0 Å². The molecule has 17 heavy (non-hydrogen) atoms. The Morgan fingerprint density at radius 1 is 1.18 bits per heavy atom. The largest absolute Gasteiger partial charge is 0.481 e. The van der Waals surface area contributed by atoms with E-state index in [1.54, 1.807) is 13.3 Å². The van der Waals surface area contributed by atoms with Crippen LogP contribution in [-0.2, 0) is 0 Å². The molecule has 1 aromatic carbocycles. The van der Waals surface area contributed by atoms with Crippen molar-refractivity contribution in [3.8, 4) is 17.0 Å². The van der Waals surface area contributed by atoms with Gasteiger partial charge < -0.3 is 4.74 Å². The summed E-state index contributed by atoms with van der Waals surface area (Å²) in [6, 6.07) is 9.52. The fourth-order valence-corrected chi connectivity index (χ4v) is 1.69. The van der Waals surface area contributed by atoms with Crippen molar-refractivity contribution in [1.29, 1.82) is 0 Å². The van der Waals surface area contributed by atoms with Crippen LogP contribution < -0.4 is 4.74 Å². The van der Waals surface area contributed by atoms with Gasteiger partial charge in [0, 0.05) is 17.8 Å².